The minimum absolute atomic E-state index is 0.109. The summed E-state index contributed by atoms with van der Waals surface area (Å²) in [5, 5.41) is 0. The van der Waals surface area contributed by atoms with Gasteiger partial charge in [0.2, 0.25) is 10.0 Å². The number of hydrogen-bond donors (Lipinski definition) is 0. The molecule has 6 nitrogen and oxygen atoms in total. The maximum Gasteiger partial charge on any atom is 0.214 e. The Bertz CT molecular complexity index is 538. The third-order valence-corrected chi connectivity index (χ3v) is 5.40. The maximum absolute atomic E-state index is 12.2. The number of imidazole rings is 1. The predicted molar refractivity (Wildman–Crippen MR) is 72.2 cm³/mol. The van der Waals surface area contributed by atoms with Crippen molar-refractivity contribution in [1.82, 2.24) is 13.9 Å². The Hall–Kier alpha value is -0.920. The van der Waals surface area contributed by atoms with E-state index in [-0.39, 0.29) is 11.8 Å². The fourth-order valence-corrected chi connectivity index (χ4v) is 3.63. The Balaban J connectivity index is 2.30. The molecule has 1 aromatic rings. The Morgan fingerprint density at radius 1 is 1.47 bits per heavy atom. The highest BCUT2D eigenvalue weighted by molar-refractivity contribution is 7.89. The van der Waals surface area contributed by atoms with Crippen LogP contribution in [0, 0.1) is 0 Å². The lowest BCUT2D eigenvalue weighted by molar-refractivity contribution is 0.0902. The zero-order valence-electron chi connectivity index (χ0n) is 11.7. The molecule has 7 heteroatoms. The number of fused-ring (bicyclic) bond motifs is 1. The summed E-state index contributed by atoms with van der Waals surface area (Å²) < 4.78 is 33.3. The van der Waals surface area contributed by atoms with Gasteiger partial charge in [-0.15, -0.1) is 0 Å². The van der Waals surface area contributed by atoms with E-state index in [9.17, 15) is 8.42 Å². The second-order valence-electron chi connectivity index (χ2n) is 4.71. The Morgan fingerprint density at radius 3 is 2.84 bits per heavy atom. The molecule has 0 unspecified atom stereocenters. The van der Waals surface area contributed by atoms with E-state index in [1.165, 1.54) is 4.31 Å². The number of aromatic nitrogens is 2. The van der Waals surface area contributed by atoms with E-state index in [4.69, 9.17) is 4.74 Å². The molecule has 0 aliphatic carbocycles. The van der Waals surface area contributed by atoms with Gasteiger partial charge in [0, 0.05) is 25.8 Å². The first kappa shape index (κ1) is 14.5. The van der Waals surface area contributed by atoms with Crippen LogP contribution in [0.25, 0.3) is 0 Å². The predicted octanol–water partition coefficient (Wildman–Crippen LogP) is 0.533. The van der Waals surface area contributed by atoms with Crippen LogP contribution in [0.2, 0.25) is 0 Å². The number of hydrogen-bond acceptors (Lipinski definition) is 4. The van der Waals surface area contributed by atoms with Crippen molar-refractivity contribution >= 4 is 10.0 Å². The summed E-state index contributed by atoms with van der Waals surface area (Å²) in [7, 11) is -1.29. The molecule has 0 fully saturated rings. The molecule has 2 heterocycles. The zero-order valence-corrected chi connectivity index (χ0v) is 12.5. The molecule has 0 bridgehead atoms. The van der Waals surface area contributed by atoms with Crippen LogP contribution >= 0.6 is 0 Å². The first-order chi connectivity index (χ1) is 8.99. The van der Waals surface area contributed by atoms with Gasteiger partial charge in [-0.3, -0.25) is 0 Å². The first-order valence-corrected chi connectivity index (χ1v) is 8.16. The largest absolute Gasteiger partial charge is 0.380 e. The lowest BCUT2D eigenvalue weighted by Gasteiger charge is -2.34. The van der Waals surface area contributed by atoms with Gasteiger partial charge in [-0.1, -0.05) is 0 Å². The van der Waals surface area contributed by atoms with Crippen LogP contribution in [-0.2, 0) is 34.8 Å². The minimum Gasteiger partial charge on any atom is -0.380 e. The second kappa shape index (κ2) is 5.60. The maximum atomic E-state index is 12.2. The number of nitrogens with zero attached hydrogens (tertiary/aromatic N) is 3. The Labute approximate surface area is 114 Å². The minimum atomic E-state index is -3.23. The molecule has 0 radical (unpaired) electrons. The molecule has 0 amide bonds. The van der Waals surface area contributed by atoms with Crippen LogP contribution in [0.15, 0.2) is 6.33 Å². The molecule has 2 rings (SSSR count). The van der Waals surface area contributed by atoms with Crippen molar-refractivity contribution in [2.45, 2.75) is 32.9 Å². The summed E-state index contributed by atoms with van der Waals surface area (Å²) in [6, 6.07) is -0.132. The molecule has 0 saturated heterocycles. The molecule has 1 atom stereocenters. The van der Waals surface area contributed by atoms with Crippen molar-refractivity contribution in [3.05, 3.63) is 17.7 Å². The van der Waals surface area contributed by atoms with Gasteiger partial charge in [-0.05, 0) is 13.8 Å². The summed E-state index contributed by atoms with van der Waals surface area (Å²) in [5.74, 6) is 0.109. The van der Waals surface area contributed by atoms with E-state index in [0.717, 1.165) is 11.4 Å². The third kappa shape index (κ3) is 2.82. The zero-order chi connectivity index (χ0) is 14.0. The van der Waals surface area contributed by atoms with Gasteiger partial charge < -0.3 is 9.30 Å². The SMILES string of the molecule is CCOC[C@@H]1Cc2c(ncn2C)CN1S(=O)(=O)CC. The van der Waals surface area contributed by atoms with Crippen LogP contribution in [0.4, 0.5) is 0 Å². The fourth-order valence-electron chi connectivity index (χ4n) is 2.39. The summed E-state index contributed by atoms with van der Waals surface area (Å²) >= 11 is 0. The van der Waals surface area contributed by atoms with Gasteiger partial charge >= 0.3 is 0 Å². The van der Waals surface area contributed by atoms with Crippen LogP contribution in [0.5, 0.6) is 0 Å². The molecular formula is C12H21N3O3S. The van der Waals surface area contributed by atoms with E-state index < -0.39 is 10.0 Å². The molecule has 1 aliphatic heterocycles. The molecule has 0 spiro atoms. The van der Waals surface area contributed by atoms with Gasteiger partial charge in [0.25, 0.3) is 0 Å². The van der Waals surface area contributed by atoms with Crippen LogP contribution in [-0.4, -0.2) is 47.3 Å². The molecule has 1 aliphatic rings. The molecule has 1 aromatic heterocycles. The molecule has 0 N–H and O–H groups in total. The van der Waals surface area contributed by atoms with Gasteiger partial charge in [0.15, 0.2) is 0 Å². The van der Waals surface area contributed by atoms with E-state index in [0.29, 0.717) is 26.2 Å². The monoisotopic (exact) mass is 287 g/mol. The number of aryl methyl sites for hydroxylation is 1. The average Bonchev–Trinajstić information content (AvgIpc) is 2.76. The van der Waals surface area contributed by atoms with Gasteiger partial charge in [-0.2, -0.15) is 4.31 Å². The average molecular weight is 287 g/mol. The number of ether oxygens (including phenoxy) is 1. The quantitative estimate of drug-likeness (QED) is 0.792. The summed E-state index contributed by atoms with van der Waals surface area (Å²) in [6.07, 6.45) is 2.40. The lowest BCUT2D eigenvalue weighted by Crippen LogP contribution is -2.47. The summed E-state index contributed by atoms with van der Waals surface area (Å²) in [6.45, 7) is 4.96. The molecule has 19 heavy (non-hydrogen) atoms. The third-order valence-electron chi connectivity index (χ3n) is 3.52. The van der Waals surface area contributed by atoms with Crippen molar-refractivity contribution in [2.75, 3.05) is 19.0 Å². The van der Waals surface area contributed by atoms with Gasteiger partial charge in [0.1, 0.15) is 0 Å². The van der Waals surface area contributed by atoms with E-state index in [1.807, 2.05) is 18.5 Å². The van der Waals surface area contributed by atoms with E-state index in [2.05, 4.69) is 4.98 Å². The van der Waals surface area contributed by atoms with Crippen molar-refractivity contribution < 1.29 is 13.2 Å². The van der Waals surface area contributed by atoms with Crippen molar-refractivity contribution in [2.24, 2.45) is 7.05 Å². The highest BCUT2D eigenvalue weighted by Crippen LogP contribution is 2.25. The van der Waals surface area contributed by atoms with E-state index >= 15 is 0 Å². The molecule has 108 valence electrons. The van der Waals surface area contributed by atoms with Crippen LogP contribution < -0.4 is 0 Å². The van der Waals surface area contributed by atoms with Crippen molar-refractivity contribution in [1.29, 1.82) is 0 Å². The molecule has 0 aromatic carbocycles. The van der Waals surface area contributed by atoms with Gasteiger partial charge in [0.05, 0.1) is 37.0 Å². The van der Waals surface area contributed by atoms with Crippen molar-refractivity contribution in [3.8, 4) is 0 Å². The number of rotatable bonds is 5. The van der Waals surface area contributed by atoms with Crippen molar-refractivity contribution in [3.63, 3.8) is 0 Å². The highest BCUT2D eigenvalue weighted by atomic mass is 32.2. The topological polar surface area (TPSA) is 64.4 Å². The lowest BCUT2D eigenvalue weighted by atomic mass is 10.1. The Kier molecular flexibility index (Phi) is 4.27. The normalized spacial score (nSPS) is 20.5. The molecular weight excluding hydrogens is 266 g/mol. The summed E-state index contributed by atoms with van der Waals surface area (Å²) in [4.78, 5) is 4.29. The van der Waals surface area contributed by atoms with Gasteiger partial charge in [-0.25, -0.2) is 13.4 Å². The fraction of sp³-hybridized carbons (Fsp3) is 0.750. The smallest absolute Gasteiger partial charge is 0.214 e. The van der Waals surface area contributed by atoms with E-state index in [1.54, 1.807) is 13.3 Å². The highest BCUT2D eigenvalue weighted by Gasteiger charge is 2.35. The Morgan fingerprint density at radius 2 is 2.21 bits per heavy atom. The van der Waals surface area contributed by atoms with Crippen LogP contribution in [0.3, 0.4) is 0 Å². The molecule has 0 saturated carbocycles. The summed E-state index contributed by atoms with van der Waals surface area (Å²) in [5.41, 5.74) is 1.96. The van der Waals surface area contributed by atoms with Crippen LogP contribution in [0.1, 0.15) is 25.2 Å². The second-order valence-corrected chi connectivity index (χ2v) is 6.92. The first-order valence-electron chi connectivity index (χ1n) is 6.56. The number of sulfonamides is 1. The standard InChI is InChI=1S/C12H21N3O3S/c1-4-18-8-10-6-12-11(13-9-14(12)3)7-15(10)19(16,17)5-2/h9-10H,4-8H2,1-3H3/t10-/m0/s1.